The SMILES string of the molecule is CNCCC1CCN(S(=O)(=O)c2ccc(S(=O)(=O)NC)c(C)c2)CC1. The second kappa shape index (κ2) is 8.13. The van der Waals surface area contributed by atoms with E-state index in [0.717, 1.165) is 25.8 Å². The first kappa shape index (κ1) is 20.3. The van der Waals surface area contributed by atoms with Gasteiger partial charge in [0.1, 0.15) is 0 Å². The summed E-state index contributed by atoms with van der Waals surface area (Å²) in [5.74, 6) is 0.545. The van der Waals surface area contributed by atoms with E-state index in [1.165, 1.54) is 29.6 Å². The Hall–Kier alpha value is -1.00. The summed E-state index contributed by atoms with van der Waals surface area (Å²) < 4.78 is 53.3. The van der Waals surface area contributed by atoms with Crippen molar-refractivity contribution in [3.05, 3.63) is 23.8 Å². The molecule has 1 saturated heterocycles. The highest BCUT2D eigenvalue weighted by Crippen LogP contribution is 2.27. The number of piperidine rings is 1. The Morgan fingerprint density at radius 3 is 2.28 bits per heavy atom. The van der Waals surface area contributed by atoms with Crippen LogP contribution in [0.3, 0.4) is 0 Å². The van der Waals surface area contributed by atoms with Crippen LogP contribution < -0.4 is 10.0 Å². The van der Waals surface area contributed by atoms with Crippen molar-refractivity contribution in [2.45, 2.75) is 36.0 Å². The number of nitrogens with one attached hydrogen (secondary N) is 2. The lowest BCUT2D eigenvalue weighted by Gasteiger charge is -2.31. The maximum atomic E-state index is 12.8. The van der Waals surface area contributed by atoms with Crippen LogP contribution in [0.15, 0.2) is 28.0 Å². The van der Waals surface area contributed by atoms with Gasteiger partial charge in [-0.05, 0) is 76.5 Å². The topological polar surface area (TPSA) is 95.6 Å². The lowest BCUT2D eigenvalue weighted by atomic mass is 9.95. The Morgan fingerprint density at radius 1 is 1.12 bits per heavy atom. The van der Waals surface area contributed by atoms with E-state index >= 15 is 0 Å². The van der Waals surface area contributed by atoms with Crippen LogP contribution in [0.1, 0.15) is 24.8 Å². The summed E-state index contributed by atoms with van der Waals surface area (Å²) in [6.07, 6.45) is 2.76. The normalized spacial score (nSPS) is 17.7. The van der Waals surface area contributed by atoms with Crippen LogP contribution in [0.5, 0.6) is 0 Å². The molecule has 0 saturated carbocycles. The van der Waals surface area contributed by atoms with Gasteiger partial charge in [0.05, 0.1) is 9.79 Å². The molecule has 25 heavy (non-hydrogen) atoms. The Labute approximate surface area is 150 Å². The summed E-state index contributed by atoms with van der Waals surface area (Å²) in [6, 6.07) is 4.17. The second-order valence-electron chi connectivity index (χ2n) is 6.37. The van der Waals surface area contributed by atoms with Gasteiger partial charge < -0.3 is 5.32 Å². The maximum absolute atomic E-state index is 12.8. The van der Waals surface area contributed by atoms with Crippen molar-refractivity contribution in [2.24, 2.45) is 5.92 Å². The average Bonchev–Trinajstić information content (AvgIpc) is 2.60. The first-order valence-electron chi connectivity index (χ1n) is 8.41. The molecule has 0 aromatic heterocycles. The van der Waals surface area contributed by atoms with E-state index in [1.54, 1.807) is 6.92 Å². The van der Waals surface area contributed by atoms with Gasteiger partial charge >= 0.3 is 0 Å². The second-order valence-corrected chi connectivity index (χ2v) is 10.2. The number of nitrogens with zero attached hydrogens (tertiary/aromatic N) is 1. The molecule has 1 aliphatic heterocycles. The van der Waals surface area contributed by atoms with Crippen LogP contribution in [0.4, 0.5) is 0 Å². The molecule has 2 rings (SSSR count). The van der Waals surface area contributed by atoms with Gasteiger partial charge in [-0.25, -0.2) is 21.6 Å². The molecule has 142 valence electrons. The Bertz CT molecular complexity index is 799. The summed E-state index contributed by atoms with van der Waals surface area (Å²) in [5.41, 5.74) is 0.416. The van der Waals surface area contributed by atoms with Crippen molar-refractivity contribution in [3.8, 4) is 0 Å². The summed E-state index contributed by atoms with van der Waals surface area (Å²) >= 11 is 0. The van der Waals surface area contributed by atoms with Gasteiger partial charge in [-0.1, -0.05) is 0 Å². The zero-order chi connectivity index (χ0) is 18.7. The van der Waals surface area contributed by atoms with Crippen LogP contribution in [-0.4, -0.2) is 54.9 Å². The van der Waals surface area contributed by atoms with Gasteiger partial charge in [0.25, 0.3) is 0 Å². The van der Waals surface area contributed by atoms with Crippen LogP contribution >= 0.6 is 0 Å². The van der Waals surface area contributed by atoms with Crippen LogP contribution in [-0.2, 0) is 20.0 Å². The fourth-order valence-electron chi connectivity index (χ4n) is 3.13. The molecule has 7 nitrogen and oxygen atoms in total. The summed E-state index contributed by atoms with van der Waals surface area (Å²) in [6.45, 7) is 3.56. The molecular weight excluding hydrogens is 362 g/mol. The number of aryl methyl sites for hydroxylation is 1. The molecule has 0 unspecified atom stereocenters. The number of rotatable bonds is 7. The van der Waals surface area contributed by atoms with Gasteiger partial charge in [0.2, 0.25) is 20.0 Å². The summed E-state index contributed by atoms with van der Waals surface area (Å²) in [5, 5.41) is 3.12. The number of benzene rings is 1. The van der Waals surface area contributed by atoms with Crippen molar-refractivity contribution in [1.29, 1.82) is 0 Å². The minimum Gasteiger partial charge on any atom is -0.320 e. The lowest BCUT2D eigenvalue weighted by Crippen LogP contribution is -2.39. The third-order valence-corrected chi connectivity index (χ3v) is 8.19. The molecule has 0 radical (unpaired) electrons. The van der Waals surface area contributed by atoms with Crippen LogP contribution in [0.2, 0.25) is 0 Å². The van der Waals surface area contributed by atoms with Crippen molar-refractivity contribution in [1.82, 2.24) is 14.3 Å². The molecule has 0 atom stereocenters. The van der Waals surface area contributed by atoms with E-state index in [0.29, 0.717) is 24.6 Å². The third-order valence-electron chi connectivity index (χ3n) is 4.72. The zero-order valence-electron chi connectivity index (χ0n) is 14.9. The number of hydrogen-bond donors (Lipinski definition) is 2. The van der Waals surface area contributed by atoms with Gasteiger partial charge in [0, 0.05) is 13.1 Å². The highest BCUT2D eigenvalue weighted by atomic mass is 32.2. The van der Waals surface area contributed by atoms with E-state index < -0.39 is 20.0 Å². The van der Waals surface area contributed by atoms with Crippen LogP contribution in [0, 0.1) is 12.8 Å². The highest BCUT2D eigenvalue weighted by Gasteiger charge is 2.30. The third kappa shape index (κ3) is 4.59. The van der Waals surface area contributed by atoms with E-state index in [4.69, 9.17) is 0 Å². The van der Waals surface area contributed by atoms with E-state index in [2.05, 4.69) is 10.0 Å². The molecule has 1 fully saturated rings. The van der Waals surface area contributed by atoms with E-state index in [-0.39, 0.29) is 9.79 Å². The smallest absolute Gasteiger partial charge is 0.243 e. The quantitative estimate of drug-likeness (QED) is 0.723. The molecule has 1 heterocycles. The van der Waals surface area contributed by atoms with Gasteiger partial charge in [-0.15, -0.1) is 0 Å². The van der Waals surface area contributed by atoms with Crippen molar-refractivity contribution < 1.29 is 16.8 Å². The summed E-state index contributed by atoms with van der Waals surface area (Å²) in [7, 11) is -3.94. The first-order chi connectivity index (χ1) is 11.7. The Kier molecular flexibility index (Phi) is 6.61. The standard InChI is InChI=1S/C16H27N3O4S2/c1-13-12-15(4-5-16(13)24(20,21)18-3)25(22,23)19-10-7-14(8-11-19)6-9-17-2/h4-5,12,14,17-18H,6-11H2,1-3H3. The maximum Gasteiger partial charge on any atom is 0.243 e. The van der Waals surface area contributed by atoms with Crippen molar-refractivity contribution in [3.63, 3.8) is 0 Å². The minimum atomic E-state index is -3.60. The molecule has 1 aromatic carbocycles. The zero-order valence-corrected chi connectivity index (χ0v) is 16.6. The molecule has 0 aliphatic carbocycles. The summed E-state index contributed by atoms with van der Waals surface area (Å²) in [4.78, 5) is 0.244. The highest BCUT2D eigenvalue weighted by molar-refractivity contribution is 7.89. The minimum absolute atomic E-state index is 0.0970. The average molecular weight is 390 g/mol. The molecule has 0 amide bonds. The van der Waals surface area contributed by atoms with Crippen LogP contribution in [0.25, 0.3) is 0 Å². The molecule has 2 N–H and O–H groups in total. The lowest BCUT2D eigenvalue weighted by molar-refractivity contribution is 0.263. The predicted molar refractivity (Wildman–Crippen MR) is 97.5 cm³/mol. The fraction of sp³-hybridized carbons (Fsp3) is 0.625. The molecular formula is C16H27N3O4S2. The van der Waals surface area contributed by atoms with Gasteiger partial charge in [-0.3, -0.25) is 0 Å². The fourth-order valence-corrected chi connectivity index (χ4v) is 5.63. The molecule has 0 bridgehead atoms. The first-order valence-corrected chi connectivity index (χ1v) is 11.3. The Morgan fingerprint density at radius 2 is 1.76 bits per heavy atom. The molecule has 0 spiro atoms. The van der Waals surface area contributed by atoms with E-state index in [1.807, 2.05) is 7.05 Å². The molecule has 1 aromatic rings. The number of hydrogen-bond acceptors (Lipinski definition) is 5. The monoisotopic (exact) mass is 389 g/mol. The van der Waals surface area contributed by atoms with Gasteiger partial charge in [0.15, 0.2) is 0 Å². The largest absolute Gasteiger partial charge is 0.320 e. The molecule has 1 aliphatic rings. The van der Waals surface area contributed by atoms with Crippen molar-refractivity contribution >= 4 is 20.0 Å². The Balaban J connectivity index is 2.17. The van der Waals surface area contributed by atoms with Crippen molar-refractivity contribution in [2.75, 3.05) is 33.7 Å². The van der Waals surface area contributed by atoms with Gasteiger partial charge in [-0.2, -0.15) is 4.31 Å². The van der Waals surface area contributed by atoms with E-state index in [9.17, 15) is 16.8 Å². The predicted octanol–water partition coefficient (Wildman–Crippen LogP) is 0.913. The molecule has 9 heteroatoms. The number of sulfonamides is 2.